The predicted molar refractivity (Wildman–Crippen MR) is 129 cm³/mol. The number of aliphatic carboxylic acids is 2. The van der Waals surface area contributed by atoms with Crippen molar-refractivity contribution in [1.29, 1.82) is 0 Å². The molecule has 14 nitrogen and oxygen atoms in total. The van der Waals surface area contributed by atoms with E-state index in [1.165, 1.54) is 0 Å². The average molecular weight is 517 g/mol. The molecule has 0 saturated heterocycles. The van der Waals surface area contributed by atoms with Crippen LogP contribution >= 0.6 is 0 Å². The minimum Gasteiger partial charge on any atom is -0.481 e. The highest BCUT2D eigenvalue weighted by molar-refractivity contribution is 5.94. The Hall–Kier alpha value is -3.26. The Bertz CT molecular complexity index is 776. The predicted octanol–water partition coefficient (Wildman–Crippen LogP) is -1.84. The van der Waals surface area contributed by atoms with E-state index in [0.29, 0.717) is 19.4 Å². The molecule has 0 aromatic rings. The van der Waals surface area contributed by atoms with Gasteiger partial charge in [-0.2, -0.15) is 0 Å². The molecule has 0 bridgehead atoms. The van der Waals surface area contributed by atoms with Crippen LogP contribution in [0.4, 0.5) is 0 Å². The fourth-order valence-corrected chi connectivity index (χ4v) is 3.24. The van der Waals surface area contributed by atoms with E-state index in [0.717, 1.165) is 0 Å². The number of carboxylic acid groups (broad SMARTS) is 2. The van der Waals surface area contributed by atoms with Crippen molar-refractivity contribution in [3.05, 3.63) is 0 Å². The number of carboxylic acids is 2. The van der Waals surface area contributed by atoms with E-state index in [1.807, 2.05) is 0 Å². The van der Waals surface area contributed by atoms with Crippen LogP contribution in [0.15, 0.2) is 0 Å². The Labute approximate surface area is 210 Å². The summed E-state index contributed by atoms with van der Waals surface area (Å²) in [6.07, 6.45) is 0.388. The fourth-order valence-electron chi connectivity index (χ4n) is 3.24. The maximum Gasteiger partial charge on any atom is 0.326 e. The number of nitrogens with two attached hydrogens (primary N) is 3. The second-order valence-corrected chi connectivity index (χ2v) is 8.98. The Morgan fingerprint density at radius 2 is 1.31 bits per heavy atom. The second-order valence-electron chi connectivity index (χ2n) is 8.98. The Morgan fingerprint density at radius 3 is 1.81 bits per heavy atom. The largest absolute Gasteiger partial charge is 0.481 e. The van der Waals surface area contributed by atoms with Gasteiger partial charge in [-0.15, -0.1) is 0 Å². The van der Waals surface area contributed by atoms with E-state index in [2.05, 4.69) is 16.0 Å². The molecule has 0 aromatic heterocycles. The molecule has 11 N–H and O–H groups in total. The van der Waals surface area contributed by atoms with E-state index in [4.69, 9.17) is 22.3 Å². The van der Waals surface area contributed by atoms with Crippen molar-refractivity contribution in [2.75, 3.05) is 6.54 Å². The maximum absolute atomic E-state index is 13.0. The molecule has 0 aromatic carbocycles. The average Bonchev–Trinajstić information content (AvgIpc) is 2.78. The van der Waals surface area contributed by atoms with Crippen LogP contribution in [0.25, 0.3) is 0 Å². The maximum atomic E-state index is 13.0. The molecule has 0 spiro atoms. The third-order valence-corrected chi connectivity index (χ3v) is 5.22. The third-order valence-electron chi connectivity index (χ3n) is 5.22. The second kappa shape index (κ2) is 17.2. The van der Waals surface area contributed by atoms with E-state index < -0.39 is 66.2 Å². The number of unbranched alkanes of at least 4 members (excludes halogenated alkanes) is 1. The van der Waals surface area contributed by atoms with E-state index in [1.54, 1.807) is 13.8 Å². The first-order chi connectivity index (χ1) is 16.8. The van der Waals surface area contributed by atoms with Crippen LogP contribution in [0.5, 0.6) is 0 Å². The third kappa shape index (κ3) is 14.2. The van der Waals surface area contributed by atoms with Gasteiger partial charge in [-0.05, 0) is 51.0 Å². The lowest BCUT2D eigenvalue weighted by molar-refractivity contribution is -0.142. The smallest absolute Gasteiger partial charge is 0.326 e. The lowest BCUT2D eigenvalue weighted by Gasteiger charge is -2.26. The molecule has 0 radical (unpaired) electrons. The molecule has 4 amide bonds. The topological polar surface area (TPSA) is 257 Å². The molecular formula is C22H40N6O8. The molecule has 0 aliphatic rings. The summed E-state index contributed by atoms with van der Waals surface area (Å²) in [5.41, 5.74) is 16.2. The first-order valence-electron chi connectivity index (χ1n) is 11.9. The van der Waals surface area contributed by atoms with Gasteiger partial charge in [0, 0.05) is 12.8 Å². The summed E-state index contributed by atoms with van der Waals surface area (Å²) in [5.74, 6) is -5.52. The van der Waals surface area contributed by atoms with Gasteiger partial charge in [0.1, 0.15) is 18.1 Å². The van der Waals surface area contributed by atoms with Crippen LogP contribution in [-0.2, 0) is 28.8 Å². The van der Waals surface area contributed by atoms with Gasteiger partial charge in [0.05, 0.1) is 6.04 Å². The summed E-state index contributed by atoms with van der Waals surface area (Å²) >= 11 is 0. The molecule has 4 unspecified atom stereocenters. The number of hydrogen-bond donors (Lipinski definition) is 8. The van der Waals surface area contributed by atoms with Gasteiger partial charge in [0.15, 0.2) is 0 Å². The van der Waals surface area contributed by atoms with Crippen molar-refractivity contribution in [3.8, 4) is 0 Å². The van der Waals surface area contributed by atoms with Crippen molar-refractivity contribution in [3.63, 3.8) is 0 Å². The highest BCUT2D eigenvalue weighted by Crippen LogP contribution is 2.09. The van der Waals surface area contributed by atoms with Gasteiger partial charge in [-0.25, -0.2) is 4.79 Å². The van der Waals surface area contributed by atoms with E-state index in [9.17, 15) is 33.9 Å². The molecular weight excluding hydrogens is 476 g/mol. The lowest BCUT2D eigenvalue weighted by atomic mass is 10.0. The summed E-state index contributed by atoms with van der Waals surface area (Å²) in [5, 5.41) is 25.7. The number of carbonyl (C=O) groups excluding carboxylic acids is 4. The number of rotatable bonds is 19. The van der Waals surface area contributed by atoms with Crippen molar-refractivity contribution >= 4 is 35.6 Å². The highest BCUT2D eigenvalue weighted by atomic mass is 16.4. The Balaban J connectivity index is 5.51. The van der Waals surface area contributed by atoms with Crippen LogP contribution in [0.3, 0.4) is 0 Å². The van der Waals surface area contributed by atoms with Crippen LogP contribution in [0.1, 0.15) is 65.2 Å². The number of nitrogens with one attached hydrogen (secondary N) is 3. The Morgan fingerprint density at radius 1 is 0.750 bits per heavy atom. The number of hydrogen-bond acceptors (Lipinski definition) is 8. The molecule has 0 fully saturated rings. The standard InChI is InChI=1S/C22H40N6O8/c1-12(2)11-16(21(34)27-15(22(35)36)5-3-4-10-23)28-20(33)14(7-9-18(30)31)26-19(32)13(24)6-8-17(25)29/h12-16H,3-11,23-24H2,1-2H3,(H2,25,29)(H,26,32)(H,27,34)(H,28,33)(H,30,31)(H,35,36). The number of primary amides is 1. The first-order valence-corrected chi connectivity index (χ1v) is 11.9. The normalized spacial score (nSPS) is 14.2. The SMILES string of the molecule is CC(C)CC(NC(=O)C(CCC(=O)O)NC(=O)C(N)CCC(N)=O)C(=O)NC(CCCCN)C(=O)O. The van der Waals surface area contributed by atoms with Gasteiger partial charge < -0.3 is 43.4 Å². The summed E-state index contributed by atoms with van der Waals surface area (Å²) in [4.78, 5) is 71.7. The molecule has 36 heavy (non-hydrogen) atoms. The highest BCUT2D eigenvalue weighted by Gasteiger charge is 2.31. The van der Waals surface area contributed by atoms with E-state index in [-0.39, 0.29) is 38.0 Å². The molecule has 4 atom stereocenters. The van der Waals surface area contributed by atoms with Crippen molar-refractivity contribution in [1.82, 2.24) is 16.0 Å². The van der Waals surface area contributed by atoms with Crippen molar-refractivity contribution in [2.24, 2.45) is 23.1 Å². The van der Waals surface area contributed by atoms with Crippen molar-refractivity contribution < 1.29 is 39.0 Å². The van der Waals surface area contributed by atoms with E-state index >= 15 is 0 Å². The number of carbonyl (C=O) groups is 6. The van der Waals surface area contributed by atoms with Gasteiger partial charge in [-0.1, -0.05) is 13.8 Å². The summed E-state index contributed by atoms with van der Waals surface area (Å²) in [6, 6.07) is -4.82. The van der Waals surface area contributed by atoms with Gasteiger partial charge in [0.2, 0.25) is 23.6 Å². The fraction of sp³-hybridized carbons (Fsp3) is 0.727. The summed E-state index contributed by atoms with van der Waals surface area (Å²) in [6.45, 7) is 3.97. The zero-order valence-corrected chi connectivity index (χ0v) is 20.8. The molecule has 0 rings (SSSR count). The molecule has 0 aliphatic carbocycles. The molecule has 0 heterocycles. The van der Waals surface area contributed by atoms with Crippen molar-refractivity contribution in [2.45, 2.75) is 89.4 Å². The first kappa shape index (κ1) is 32.7. The summed E-state index contributed by atoms with van der Waals surface area (Å²) in [7, 11) is 0. The molecule has 0 saturated carbocycles. The van der Waals surface area contributed by atoms with Gasteiger partial charge in [0.25, 0.3) is 0 Å². The van der Waals surface area contributed by atoms with Gasteiger partial charge >= 0.3 is 11.9 Å². The molecule has 14 heteroatoms. The number of amides is 4. The summed E-state index contributed by atoms with van der Waals surface area (Å²) < 4.78 is 0. The van der Waals surface area contributed by atoms with Crippen LogP contribution < -0.4 is 33.2 Å². The quantitative estimate of drug-likeness (QED) is 0.0889. The zero-order valence-electron chi connectivity index (χ0n) is 20.8. The van der Waals surface area contributed by atoms with Crippen LogP contribution in [0, 0.1) is 5.92 Å². The van der Waals surface area contributed by atoms with Gasteiger partial charge in [-0.3, -0.25) is 24.0 Å². The van der Waals surface area contributed by atoms with Crippen LogP contribution in [0.2, 0.25) is 0 Å². The minimum absolute atomic E-state index is 0.0733. The molecule has 0 aliphatic heterocycles. The zero-order chi connectivity index (χ0) is 27.8. The van der Waals surface area contributed by atoms with Crippen LogP contribution in [-0.4, -0.2) is 76.5 Å². The monoisotopic (exact) mass is 516 g/mol. The molecule has 206 valence electrons. The Kier molecular flexibility index (Phi) is 15.7. The minimum atomic E-state index is -1.34. The lowest BCUT2D eigenvalue weighted by Crippen LogP contribution is -2.57.